The number of rotatable bonds is 6. The van der Waals surface area contributed by atoms with Crippen LogP contribution in [-0.2, 0) is 4.79 Å². The molecule has 1 aliphatic carbocycles. The second-order valence-electron chi connectivity index (χ2n) is 6.91. The number of amides is 2. The van der Waals surface area contributed by atoms with E-state index < -0.39 is 11.5 Å². The molecule has 1 saturated carbocycles. The first-order valence-electron chi connectivity index (χ1n) is 8.98. The zero-order chi connectivity index (χ0) is 19.3. The fourth-order valence-electron chi connectivity index (χ4n) is 3.50. The molecule has 0 bridgehead atoms. The molecule has 1 aliphatic rings. The second kappa shape index (κ2) is 8.03. The highest BCUT2D eigenvalue weighted by molar-refractivity contribution is 6.05. The molecule has 2 amide bonds. The fourth-order valence-corrected chi connectivity index (χ4v) is 3.50. The Morgan fingerprint density at radius 1 is 0.852 bits per heavy atom. The SMILES string of the molecule is O=C(O)CC1(NC(=O)c2ccc(C(=O)Nc3ccccc3)cc2)CCCC1. The molecular weight excluding hydrogens is 344 g/mol. The van der Waals surface area contributed by atoms with E-state index in [2.05, 4.69) is 10.6 Å². The van der Waals surface area contributed by atoms with E-state index in [0.717, 1.165) is 12.8 Å². The van der Waals surface area contributed by atoms with Crippen LogP contribution in [-0.4, -0.2) is 28.4 Å². The third-order valence-corrected chi connectivity index (χ3v) is 4.87. The van der Waals surface area contributed by atoms with Gasteiger partial charge in [-0.1, -0.05) is 31.0 Å². The van der Waals surface area contributed by atoms with Crippen LogP contribution >= 0.6 is 0 Å². The molecule has 3 N–H and O–H groups in total. The number of hydrogen-bond donors (Lipinski definition) is 3. The Labute approximate surface area is 157 Å². The maximum absolute atomic E-state index is 12.6. The van der Waals surface area contributed by atoms with E-state index in [9.17, 15) is 14.4 Å². The van der Waals surface area contributed by atoms with Gasteiger partial charge in [-0.15, -0.1) is 0 Å². The Bertz CT molecular complexity index is 825. The number of anilines is 1. The highest BCUT2D eigenvalue weighted by Crippen LogP contribution is 2.33. The first-order chi connectivity index (χ1) is 13.0. The number of carbonyl (C=O) groups is 3. The van der Waals surface area contributed by atoms with E-state index >= 15 is 0 Å². The Kier molecular flexibility index (Phi) is 5.54. The largest absolute Gasteiger partial charge is 0.481 e. The summed E-state index contributed by atoms with van der Waals surface area (Å²) in [6, 6.07) is 15.5. The minimum atomic E-state index is -0.912. The van der Waals surface area contributed by atoms with E-state index in [1.165, 1.54) is 0 Å². The average molecular weight is 366 g/mol. The van der Waals surface area contributed by atoms with Gasteiger partial charge in [0.25, 0.3) is 11.8 Å². The zero-order valence-corrected chi connectivity index (χ0v) is 14.9. The van der Waals surface area contributed by atoms with Crippen molar-refractivity contribution in [3.8, 4) is 0 Å². The summed E-state index contributed by atoms with van der Waals surface area (Å²) in [6.45, 7) is 0. The molecule has 0 atom stereocenters. The number of nitrogens with one attached hydrogen (secondary N) is 2. The van der Waals surface area contributed by atoms with Crippen LogP contribution in [0.15, 0.2) is 54.6 Å². The molecule has 0 radical (unpaired) electrons. The summed E-state index contributed by atoms with van der Waals surface area (Å²) in [5, 5.41) is 14.8. The Balaban J connectivity index is 1.66. The molecule has 0 heterocycles. The highest BCUT2D eigenvalue weighted by atomic mass is 16.4. The normalized spacial score (nSPS) is 15.1. The summed E-state index contributed by atoms with van der Waals surface area (Å²) in [5.41, 5.74) is 0.868. The van der Waals surface area contributed by atoms with Gasteiger partial charge in [-0.05, 0) is 49.2 Å². The van der Waals surface area contributed by atoms with E-state index in [-0.39, 0.29) is 18.2 Å². The third kappa shape index (κ3) is 4.73. The molecule has 1 fully saturated rings. The van der Waals surface area contributed by atoms with Crippen LogP contribution in [0.1, 0.15) is 52.8 Å². The zero-order valence-electron chi connectivity index (χ0n) is 14.9. The molecule has 3 rings (SSSR count). The van der Waals surface area contributed by atoms with Gasteiger partial charge in [-0.3, -0.25) is 14.4 Å². The Morgan fingerprint density at radius 3 is 1.96 bits per heavy atom. The smallest absolute Gasteiger partial charge is 0.305 e. The van der Waals surface area contributed by atoms with Crippen molar-refractivity contribution in [3.05, 3.63) is 65.7 Å². The molecule has 0 aromatic heterocycles. The quantitative estimate of drug-likeness (QED) is 0.729. The summed E-state index contributed by atoms with van der Waals surface area (Å²) in [4.78, 5) is 36.0. The molecule has 27 heavy (non-hydrogen) atoms. The van der Waals surface area contributed by atoms with Crippen LogP contribution in [0.3, 0.4) is 0 Å². The van der Waals surface area contributed by atoms with Gasteiger partial charge in [-0.25, -0.2) is 0 Å². The lowest BCUT2D eigenvalue weighted by Gasteiger charge is -2.28. The van der Waals surface area contributed by atoms with Crippen molar-refractivity contribution in [2.24, 2.45) is 0 Å². The summed E-state index contributed by atoms with van der Waals surface area (Å²) >= 11 is 0. The molecular formula is C21H22N2O4. The van der Waals surface area contributed by atoms with Crippen molar-refractivity contribution in [2.75, 3.05) is 5.32 Å². The van der Waals surface area contributed by atoms with Crippen LogP contribution in [0.2, 0.25) is 0 Å². The topological polar surface area (TPSA) is 95.5 Å². The third-order valence-electron chi connectivity index (χ3n) is 4.87. The van der Waals surface area contributed by atoms with E-state index in [1.54, 1.807) is 36.4 Å². The van der Waals surface area contributed by atoms with Crippen LogP contribution in [0, 0.1) is 0 Å². The minimum Gasteiger partial charge on any atom is -0.481 e. The van der Waals surface area contributed by atoms with Crippen LogP contribution < -0.4 is 10.6 Å². The molecule has 6 heteroatoms. The molecule has 2 aromatic rings. The number of para-hydroxylation sites is 1. The Morgan fingerprint density at radius 2 is 1.41 bits per heavy atom. The van der Waals surface area contributed by atoms with Crippen molar-refractivity contribution >= 4 is 23.5 Å². The predicted octanol–water partition coefficient (Wildman–Crippen LogP) is 3.46. The molecule has 0 unspecified atom stereocenters. The first kappa shape index (κ1) is 18.6. The summed E-state index contributed by atoms with van der Waals surface area (Å²) < 4.78 is 0. The maximum Gasteiger partial charge on any atom is 0.305 e. The summed E-state index contributed by atoms with van der Waals surface area (Å²) in [7, 11) is 0. The van der Waals surface area contributed by atoms with E-state index in [0.29, 0.717) is 29.7 Å². The molecule has 6 nitrogen and oxygen atoms in total. The minimum absolute atomic E-state index is 0.0731. The Hall–Kier alpha value is -3.15. The van der Waals surface area contributed by atoms with E-state index in [4.69, 9.17) is 5.11 Å². The van der Waals surface area contributed by atoms with Gasteiger partial charge in [0, 0.05) is 16.8 Å². The van der Waals surface area contributed by atoms with Crippen LogP contribution in [0.25, 0.3) is 0 Å². The molecule has 0 spiro atoms. The van der Waals surface area contributed by atoms with Crippen molar-refractivity contribution in [1.29, 1.82) is 0 Å². The molecule has 140 valence electrons. The lowest BCUT2D eigenvalue weighted by molar-refractivity contribution is -0.138. The monoisotopic (exact) mass is 366 g/mol. The number of carbonyl (C=O) groups excluding carboxylic acids is 2. The first-order valence-corrected chi connectivity index (χ1v) is 8.98. The number of aliphatic carboxylic acids is 1. The fraction of sp³-hybridized carbons (Fsp3) is 0.286. The van der Waals surface area contributed by atoms with Crippen molar-refractivity contribution in [3.63, 3.8) is 0 Å². The lowest BCUT2D eigenvalue weighted by atomic mass is 9.92. The van der Waals surface area contributed by atoms with E-state index in [1.807, 2.05) is 18.2 Å². The van der Waals surface area contributed by atoms with Gasteiger partial charge in [0.05, 0.1) is 12.0 Å². The van der Waals surface area contributed by atoms with Crippen LogP contribution in [0.5, 0.6) is 0 Å². The van der Waals surface area contributed by atoms with Gasteiger partial charge >= 0.3 is 5.97 Å². The van der Waals surface area contributed by atoms with Crippen LogP contribution in [0.4, 0.5) is 5.69 Å². The summed E-state index contributed by atoms with van der Waals surface area (Å²) in [6.07, 6.45) is 3.08. The second-order valence-corrected chi connectivity index (χ2v) is 6.91. The number of carboxylic acid groups (broad SMARTS) is 1. The number of carboxylic acids is 1. The highest BCUT2D eigenvalue weighted by Gasteiger charge is 2.37. The molecule has 2 aromatic carbocycles. The van der Waals surface area contributed by atoms with Crippen molar-refractivity contribution in [2.45, 2.75) is 37.6 Å². The van der Waals surface area contributed by atoms with Gasteiger partial charge < -0.3 is 15.7 Å². The number of benzene rings is 2. The van der Waals surface area contributed by atoms with Crippen molar-refractivity contribution in [1.82, 2.24) is 5.32 Å². The van der Waals surface area contributed by atoms with Gasteiger partial charge in [0.1, 0.15) is 0 Å². The van der Waals surface area contributed by atoms with Gasteiger partial charge in [0.2, 0.25) is 0 Å². The van der Waals surface area contributed by atoms with Crippen molar-refractivity contribution < 1.29 is 19.5 Å². The van der Waals surface area contributed by atoms with Gasteiger partial charge in [-0.2, -0.15) is 0 Å². The lowest BCUT2D eigenvalue weighted by Crippen LogP contribution is -2.47. The molecule has 0 saturated heterocycles. The average Bonchev–Trinajstić information content (AvgIpc) is 3.09. The maximum atomic E-state index is 12.6. The summed E-state index contributed by atoms with van der Waals surface area (Å²) in [5.74, 6) is -1.48. The predicted molar refractivity (Wildman–Crippen MR) is 102 cm³/mol. The molecule has 0 aliphatic heterocycles. The standard InChI is InChI=1S/C21H22N2O4/c24-18(25)14-21(12-4-5-13-21)23-20(27)16-10-8-15(9-11-16)19(26)22-17-6-2-1-3-7-17/h1-3,6-11H,4-5,12-14H2,(H,22,26)(H,23,27)(H,24,25). The number of hydrogen-bond acceptors (Lipinski definition) is 3. The van der Waals surface area contributed by atoms with Gasteiger partial charge in [0.15, 0.2) is 0 Å².